The summed E-state index contributed by atoms with van der Waals surface area (Å²) in [5.74, 6) is 1.03. The van der Waals surface area contributed by atoms with E-state index in [-0.39, 0.29) is 5.91 Å². The minimum Gasteiger partial charge on any atom is -0.497 e. The maximum atomic E-state index is 12.4. The highest BCUT2D eigenvalue weighted by Gasteiger charge is 2.08. The number of methoxy groups -OCH3 is 2. The molecule has 0 spiro atoms. The Morgan fingerprint density at radius 2 is 1.64 bits per heavy atom. The summed E-state index contributed by atoms with van der Waals surface area (Å²) in [5.41, 5.74) is 7.08. The largest absolute Gasteiger partial charge is 0.497 e. The van der Waals surface area contributed by atoms with Crippen molar-refractivity contribution in [1.29, 1.82) is 0 Å². The van der Waals surface area contributed by atoms with Gasteiger partial charge < -0.3 is 14.0 Å². The lowest BCUT2D eigenvalue weighted by atomic mass is 10.2. The smallest absolute Gasteiger partial charge is 0.271 e. The molecule has 0 aliphatic carbocycles. The Morgan fingerprint density at radius 3 is 2.25 bits per heavy atom. The first kappa shape index (κ1) is 19.2. The van der Waals surface area contributed by atoms with Gasteiger partial charge >= 0.3 is 0 Å². The van der Waals surface area contributed by atoms with Gasteiger partial charge in [-0.05, 0) is 68.4 Å². The molecule has 0 aliphatic rings. The van der Waals surface area contributed by atoms with Gasteiger partial charge in [0.1, 0.15) is 11.5 Å². The highest BCUT2D eigenvalue weighted by Crippen LogP contribution is 2.22. The van der Waals surface area contributed by atoms with E-state index in [1.54, 1.807) is 44.6 Å². The van der Waals surface area contributed by atoms with Crippen molar-refractivity contribution < 1.29 is 14.3 Å². The van der Waals surface area contributed by atoms with Gasteiger partial charge in [0.25, 0.3) is 5.91 Å². The van der Waals surface area contributed by atoms with Crippen LogP contribution < -0.4 is 14.9 Å². The van der Waals surface area contributed by atoms with Crippen LogP contribution in [0.5, 0.6) is 11.5 Å². The Bertz CT molecular complexity index is 985. The molecule has 1 heterocycles. The van der Waals surface area contributed by atoms with E-state index in [1.807, 2.05) is 12.1 Å². The van der Waals surface area contributed by atoms with Crippen LogP contribution in [-0.4, -0.2) is 30.9 Å². The summed E-state index contributed by atoms with van der Waals surface area (Å²) < 4.78 is 12.6. The molecule has 0 atom stereocenters. The first-order chi connectivity index (χ1) is 13.5. The van der Waals surface area contributed by atoms with Crippen LogP contribution in [0, 0.1) is 13.8 Å². The van der Waals surface area contributed by atoms with Gasteiger partial charge in [-0.3, -0.25) is 4.79 Å². The third-order valence-electron chi connectivity index (χ3n) is 4.47. The summed E-state index contributed by atoms with van der Waals surface area (Å²) in [6.45, 7) is 4.10. The van der Waals surface area contributed by atoms with Crippen LogP contribution in [-0.2, 0) is 0 Å². The van der Waals surface area contributed by atoms with E-state index in [2.05, 4.69) is 41.1 Å². The number of benzene rings is 2. The van der Waals surface area contributed by atoms with Gasteiger partial charge in [-0.1, -0.05) is 0 Å². The molecule has 28 heavy (non-hydrogen) atoms. The molecule has 0 aliphatic heterocycles. The zero-order chi connectivity index (χ0) is 20.1. The average molecular weight is 377 g/mol. The van der Waals surface area contributed by atoms with Crippen molar-refractivity contribution in [2.45, 2.75) is 13.8 Å². The van der Waals surface area contributed by atoms with Crippen LogP contribution in [0.25, 0.3) is 5.69 Å². The number of hydrogen-bond donors (Lipinski definition) is 1. The van der Waals surface area contributed by atoms with Crippen LogP contribution >= 0.6 is 0 Å². The number of nitrogens with one attached hydrogen (secondary N) is 1. The van der Waals surface area contributed by atoms with Crippen molar-refractivity contribution in [3.63, 3.8) is 0 Å². The van der Waals surface area contributed by atoms with Gasteiger partial charge in [-0.15, -0.1) is 0 Å². The number of carbonyl (C=O) groups is 1. The lowest BCUT2D eigenvalue weighted by Crippen LogP contribution is -2.17. The molecule has 0 fully saturated rings. The zero-order valence-corrected chi connectivity index (χ0v) is 16.4. The van der Waals surface area contributed by atoms with Crippen molar-refractivity contribution >= 4 is 12.1 Å². The Kier molecular flexibility index (Phi) is 5.79. The van der Waals surface area contributed by atoms with Crippen molar-refractivity contribution in [2.75, 3.05) is 14.2 Å². The highest BCUT2D eigenvalue weighted by molar-refractivity contribution is 5.95. The van der Waals surface area contributed by atoms with E-state index >= 15 is 0 Å². The molecule has 3 aromatic rings. The van der Waals surface area contributed by atoms with E-state index in [4.69, 9.17) is 9.47 Å². The van der Waals surface area contributed by atoms with Gasteiger partial charge in [0.15, 0.2) is 0 Å². The zero-order valence-electron chi connectivity index (χ0n) is 16.4. The molecule has 1 amide bonds. The fraction of sp³-hybridized carbons (Fsp3) is 0.182. The first-order valence-electron chi connectivity index (χ1n) is 8.84. The predicted molar refractivity (Wildman–Crippen MR) is 110 cm³/mol. The summed E-state index contributed by atoms with van der Waals surface area (Å²) in [4.78, 5) is 12.4. The SMILES string of the molecule is COc1ccc(OC)c(/C=N/NC(=O)c2ccc(-n3c(C)ccc3C)cc2)c1. The number of rotatable bonds is 6. The highest BCUT2D eigenvalue weighted by atomic mass is 16.5. The fourth-order valence-electron chi connectivity index (χ4n) is 3.00. The molecule has 0 radical (unpaired) electrons. The first-order valence-corrected chi connectivity index (χ1v) is 8.84. The van der Waals surface area contributed by atoms with E-state index < -0.39 is 0 Å². The fourth-order valence-corrected chi connectivity index (χ4v) is 3.00. The Morgan fingerprint density at radius 1 is 0.964 bits per heavy atom. The molecule has 0 saturated carbocycles. The van der Waals surface area contributed by atoms with Crippen LogP contribution in [0.1, 0.15) is 27.3 Å². The topological polar surface area (TPSA) is 64.8 Å². The minimum atomic E-state index is -0.286. The quantitative estimate of drug-likeness (QED) is 0.524. The second-order valence-corrected chi connectivity index (χ2v) is 6.31. The van der Waals surface area contributed by atoms with Gasteiger partial charge in [0, 0.05) is 28.2 Å². The van der Waals surface area contributed by atoms with E-state index in [0.717, 1.165) is 17.1 Å². The van der Waals surface area contributed by atoms with Crippen LogP contribution in [0.2, 0.25) is 0 Å². The van der Waals surface area contributed by atoms with Crippen LogP contribution in [0.15, 0.2) is 59.7 Å². The van der Waals surface area contributed by atoms with Crippen molar-refractivity contribution in [3.8, 4) is 17.2 Å². The lowest BCUT2D eigenvalue weighted by Gasteiger charge is -2.10. The second kappa shape index (κ2) is 8.43. The number of carbonyl (C=O) groups excluding carboxylic acids is 1. The molecule has 0 saturated heterocycles. The van der Waals surface area contributed by atoms with Crippen LogP contribution in [0.4, 0.5) is 0 Å². The number of ether oxygens (including phenoxy) is 2. The summed E-state index contributed by atoms with van der Waals surface area (Å²) in [5, 5.41) is 4.04. The monoisotopic (exact) mass is 377 g/mol. The number of hydrogen-bond acceptors (Lipinski definition) is 4. The maximum absolute atomic E-state index is 12.4. The Labute approximate surface area is 164 Å². The number of aromatic nitrogens is 1. The molecule has 0 unspecified atom stereocenters. The Balaban J connectivity index is 1.71. The maximum Gasteiger partial charge on any atom is 0.271 e. The number of hydrazone groups is 1. The van der Waals surface area contributed by atoms with Crippen molar-refractivity contribution in [1.82, 2.24) is 9.99 Å². The van der Waals surface area contributed by atoms with Crippen molar-refractivity contribution in [2.24, 2.45) is 5.10 Å². The van der Waals surface area contributed by atoms with Gasteiger partial charge in [-0.2, -0.15) is 5.10 Å². The standard InChI is InChI=1S/C22H23N3O3/c1-15-5-6-16(2)25(15)19-9-7-17(8-10-19)22(26)24-23-14-18-13-20(27-3)11-12-21(18)28-4/h5-14H,1-4H3,(H,24,26)/b23-14+. The number of amides is 1. The third-order valence-corrected chi connectivity index (χ3v) is 4.47. The molecule has 0 bridgehead atoms. The van der Waals surface area contributed by atoms with Gasteiger partial charge in [-0.25, -0.2) is 5.43 Å². The summed E-state index contributed by atoms with van der Waals surface area (Å²) in [6, 6.07) is 16.9. The lowest BCUT2D eigenvalue weighted by molar-refractivity contribution is 0.0955. The second-order valence-electron chi connectivity index (χ2n) is 6.31. The molecular weight excluding hydrogens is 354 g/mol. The molecule has 144 valence electrons. The van der Waals surface area contributed by atoms with E-state index in [0.29, 0.717) is 22.6 Å². The molecular formula is C22H23N3O3. The predicted octanol–water partition coefficient (Wildman–Crippen LogP) is 3.88. The average Bonchev–Trinajstić information content (AvgIpc) is 3.06. The number of aryl methyl sites for hydroxylation is 2. The molecule has 1 aromatic heterocycles. The van der Waals surface area contributed by atoms with Gasteiger partial charge in [0.2, 0.25) is 0 Å². The van der Waals surface area contributed by atoms with Gasteiger partial charge in [0.05, 0.1) is 20.4 Å². The normalized spacial score (nSPS) is 10.9. The molecule has 6 heteroatoms. The molecule has 3 rings (SSSR count). The summed E-state index contributed by atoms with van der Waals surface area (Å²) >= 11 is 0. The van der Waals surface area contributed by atoms with Crippen LogP contribution in [0.3, 0.4) is 0 Å². The Hall–Kier alpha value is -3.54. The molecule has 2 aromatic carbocycles. The van der Waals surface area contributed by atoms with Crippen molar-refractivity contribution in [3.05, 3.63) is 77.1 Å². The number of nitrogens with zero attached hydrogens (tertiary/aromatic N) is 2. The molecule has 1 N–H and O–H groups in total. The summed E-state index contributed by atoms with van der Waals surface area (Å²) in [6.07, 6.45) is 1.53. The van der Waals surface area contributed by atoms with E-state index in [9.17, 15) is 4.79 Å². The summed E-state index contributed by atoms with van der Waals surface area (Å²) in [7, 11) is 3.17. The third kappa shape index (κ3) is 4.06. The minimum absolute atomic E-state index is 0.286. The molecule has 6 nitrogen and oxygen atoms in total. The van der Waals surface area contributed by atoms with E-state index in [1.165, 1.54) is 6.21 Å².